The molecule has 3 N–H and O–H groups in total. The number of benzene rings is 3. The van der Waals surface area contributed by atoms with E-state index in [1.807, 2.05) is 60.7 Å². The Balaban J connectivity index is 1.81. The van der Waals surface area contributed by atoms with Gasteiger partial charge in [-0.15, -0.1) is 10.2 Å². The summed E-state index contributed by atoms with van der Waals surface area (Å²) < 4.78 is 5.94. The van der Waals surface area contributed by atoms with Crippen LogP contribution in [-0.4, -0.2) is 15.3 Å². The quantitative estimate of drug-likeness (QED) is 0.428. The van der Waals surface area contributed by atoms with Gasteiger partial charge in [0.05, 0.1) is 17.2 Å². The SMILES string of the molecule is Nc1cccc(-c2nnc(C(c3ccccc3)c3ccccc3)o2)c1O. The molecule has 0 saturated heterocycles. The fourth-order valence-corrected chi connectivity index (χ4v) is 2.96. The van der Waals surface area contributed by atoms with Gasteiger partial charge in [-0.3, -0.25) is 0 Å². The van der Waals surface area contributed by atoms with Crippen LogP contribution in [-0.2, 0) is 0 Å². The van der Waals surface area contributed by atoms with Gasteiger partial charge in [0.15, 0.2) is 5.75 Å². The van der Waals surface area contributed by atoms with E-state index in [2.05, 4.69) is 10.2 Å². The predicted molar refractivity (Wildman–Crippen MR) is 99.6 cm³/mol. The number of hydrogen-bond donors (Lipinski definition) is 2. The first-order valence-corrected chi connectivity index (χ1v) is 8.25. The first-order chi connectivity index (χ1) is 12.7. The fraction of sp³-hybridized carbons (Fsp3) is 0.0476. The molecule has 26 heavy (non-hydrogen) atoms. The van der Waals surface area contributed by atoms with E-state index in [4.69, 9.17) is 10.2 Å². The summed E-state index contributed by atoms with van der Waals surface area (Å²) >= 11 is 0. The van der Waals surface area contributed by atoms with Crippen LogP contribution in [0.4, 0.5) is 5.69 Å². The maximum absolute atomic E-state index is 10.2. The molecule has 0 saturated carbocycles. The summed E-state index contributed by atoms with van der Waals surface area (Å²) in [5.41, 5.74) is 8.55. The second-order valence-electron chi connectivity index (χ2n) is 5.94. The average molecular weight is 343 g/mol. The van der Waals surface area contributed by atoms with Gasteiger partial charge < -0.3 is 15.3 Å². The van der Waals surface area contributed by atoms with Crippen molar-refractivity contribution in [1.29, 1.82) is 0 Å². The maximum Gasteiger partial charge on any atom is 0.251 e. The summed E-state index contributed by atoms with van der Waals surface area (Å²) in [7, 11) is 0. The first kappa shape index (κ1) is 15.9. The Kier molecular flexibility index (Phi) is 4.11. The molecule has 1 aromatic heterocycles. The number of phenolic OH excluding ortho intramolecular Hbond substituents is 1. The van der Waals surface area contributed by atoms with Gasteiger partial charge in [-0.05, 0) is 23.3 Å². The number of aromatic hydroxyl groups is 1. The number of rotatable bonds is 4. The zero-order valence-electron chi connectivity index (χ0n) is 13.9. The van der Waals surface area contributed by atoms with Gasteiger partial charge in [-0.1, -0.05) is 66.7 Å². The summed E-state index contributed by atoms with van der Waals surface area (Å²) in [6.45, 7) is 0. The van der Waals surface area contributed by atoms with Gasteiger partial charge >= 0.3 is 0 Å². The number of nitrogens with two attached hydrogens (primary N) is 1. The monoisotopic (exact) mass is 343 g/mol. The Morgan fingerprint density at radius 2 is 1.38 bits per heavy atom. The van der Waals surface area contributed by atoms with E-state index in [0.717, 1.165) is 11.1 Å². The summed E-state index contributed by atoms with van der Waals surface area (Å²) in [5.74, 6) is 0.446. The Hall–Kier alpha value is -3.60. The number of nitrogens with zero attached hydrogens (tertiary/aromatic N) is 2. The summed E-state index contributed by atoms with van der Waals surface area (Å²) in [5, 5.41) is 18.6. The molecule has 128 valence electrons. The number of para-hydroxylation sites is 1. The lowest BCUT2D eigenvalue weighted by Gasteiger charge is -2.14. The molecule has 3 aromatic carbocycles. The molecule has 0 radical (unpaired) electrons. The third-order valence-corrected chi connectivity index (χ3v) is 4.25. The molecule has 4 rings (SSSR count). The molecular weight excluding hydrogens is 326 g/mol. The second-order valence-corrected chi connectivity index (χ2v) is 5.94. The minimum absolute atomic E-state index is 0.0568. The van der Waals surface area contributed by atoms with Gasteiger partial charge in [0.25, 0.3) is 5.89 Å². The van der Waals surface area contributed by atoms with Crippen LogP contribution >= 0.6 is 0 Å². The fourth-order valence-electron chi connectivity index (χ4n) is 2.96. The van der Waals surface area contributed by atoms with E-state index in [9.17, 15) is 5.11 Å². The molecule has 0 aliphatic heterocycles. The van der Waals surface area contributed by atoms with Crippen molar-refractivity contribution in [1.82, 2.24) is 10.2 Å². The third kappa shape index (κ3) is 2.91. The lowest BCUT2D eigenvalue weighted by Crippen LogP contribution is -2.03. The lowest BCUT2D eigenvalue weighted by molar-refractivity contribution is 0.469. The van der Waals surface area contributed by atoms with Gasteiger partial charge in [0.1, 0.15) is 0 Å². The van der Waals surface area contributed by atoms with Crippen LogP contribution < -0.4 is 5.73 Å². The zero-order chi connectivity index (χ0) is 17.9. The third-order valence-electron chi connectivity index (χ3n) is 4.25. The van der Waals surface area contributed by atoms with E-state index in [0.29, 0.717) is 11.5 Å². The topological polar surface area (TPSA) is 85.2 Å². The van der Waals surface area contributed by atoms with Crippen molar-refractivity contribution in [2.45, 2.75) is 5.92 Å². The predicted octanol–water partition coefficient (Wildman–Crippen LogP) is 4.20. The summed E-state index contributed by atoms with van der Waals surface area (Å²) in [4.78, 5) is 0. The van der Waals surface area contributed by atoms with Crippen molar-refractivity contribution in [3.8, 4) is 17.2 Å². The van der Waals surface area contributed by atoms with E-state index in [1.54, 1.807) is 18.2 Å². The smallest absolute Gasteiger partial charge is 0.251 e. The standard InChI is InChI=1S/C21H17N3O2/c22-17-13-7-12-16(19(17)25)20-23-24-21(26-20)18(14-8-3-1-4-9-14)15-10-5-2-6-11-15/h1-13,18,25H,22H2. The molecule has 4 aromatic rings. The van der Waals surface area contributed by atoms with Crippen molar-refractivity contribution < 1.29 is 9.52 Å². The van der Waals surface area contributed by atoms with Crippen LogP contribution in [0.25, 0.3) is 11.5 Å². The number of phenols is 1. The molecule has 0 fully saturated rings. The first-order valence-electron chi connectivity index (χ1n) is 8.25. The normalized spacial score (nSPS) is 11.0. The molecule has 0 unspecified atom stereocenters. The van der Waals surface area contributed by atoms with Crippen LogP contribution in [0, 0.1) is 0 Å². The van der Waals surface area contributed by atoms with Crippen molar-refractivity contribution >= 4 is 5.69 Å². The Morgan fingerprint density at radius 1 is 0.769 bits per heavy atom. The van der Waals surface area contributed by atoms with Crippen LogP contribution in [0.1, 0.15) is 22.9 Å². The van der Waals surface area contributed by atoms with Crippen LogP contribution in [0.2, 0.25) is 0 Å². The molecule has 0 aliphatic carbocycles. The summed E-state index contributed by atoms with van der Waals surface area (Å²) in [6, 6.07) is 25.0. The molecule has 5 nitrogen and oxygen atoms in total. The van der Waals surface area contributed by atoms with E-state index in [-0.39, 0.29) is 23.2 Å². The molecule has 0 bridgehead atoms. The molecule has 0 aliphatic rings. The van der Waals surface area contributed by atoms with Crippen LogP contribution in [0.15, 0.2) is 83.3 Å². The van der Waals surface area contributed by atoms with Gasteiger partial charge in [-0.2, -0.15) is 0 Å². The van der Waals surface area contributed by atoms with Crippen molar-refractivity contribution in [3.63, 3.8) is 0 Å². The Labute approximate surface area is 150 Å². The van der Waals surface area contributed by atoms with E-state index in [1.165, 1.54) is 0 Å². The lowest BCUT2D eigenvalue weighted by atomic mass is 9.91. The molecule has 0 amide bonds. The Morgan fingerprint density at radius 3 is 2.00 bits per heavy atom. The van der Waals surface area contributed by atoms with Gasteiger partial charge in [0.2, 0.25) is 5.89 Å². The number of anilines is 1. The van der Waals surface area contributed by atoms with Crippen molar-refractivity contribution in [3.05, 3.63) is 95.9 Å². The van der Waals surface area contributed by atoms with Crippen LogP contribution in [0.3, 0.4) is 0 Å². The summed E-state index contributed by atoms with van der Waals surface area (Å²) in [6.07, 6.45) is 0. The second kappa shape index (κ2) is 6.72. The van der Waals surface area contributed by atoms with Gasteiger partial charge in [-0.25, -0.2) is 0 Å². The van der Waals surface area contributed by atoms with Crippen LogP contribution in [0.5, 0.6) is 5.75 Å². The highest BCUT2D eigenvalue weighted by atomic mass is 16.4. The van der Waals surface area contributed by atoms with Crippen molar-refractivity contribution in [2.75, 3.05) is 5.73 Å². The molecular formula is C21H17N3O2. The number of aromatic nitrogens is 2. The zero-order valence-corrected chi connectivity index (χ0v) is 13.9. The molecule has 0 spiro atoms. The van der Waals surface area contributed by atoms with E-state index >= 15 is 0 Å². The molecule has 1 heterocycles. The Bertz CT molecular complexity index is 974. The van der Waals surface area contributed by atoms with Gasteiger partial charge in [0, 0.05) is 0 Å². The van der Waals surface area contributed by atoms with E-state index < -0.39 is 0 Å². The highest BCUT2D eigenvalue weighted by molar-refractivity contribution is 5.71. The molecule has 0 atom stereocenters. The average Bonchev–Trinajstić information content (AvgIpc) is 3.15. The minimum atomic E-state index is -0.193. The number of nitrogen functional groups attached to an aromatic ring is 1. The highest BCUT2D eigenvalue weighted by Crippen LogP contribution is 2.36. The minimum Gasteiger partial charge on any atom is -0.505 e. The highest BCUT2D eigenvalue weighted by Gasteiger charge is 2.24. The number of hydrogen-bond acceptors (Lipinski definition) is 5. The largest absolute Gasteiger partial charge is 0.505 e. The molecule has 5 heteroatoms. The maximum atomic E-state index is 10.2. The van der Waals surface area contributed by atoms with Crippen molar-refractivity contribution in [2.24, 2.45) is 0 Å².